The molecule has 2 aliphatic heterocycles. The van der Waals surface area contributed by atoms with E-state index >= 15 is 0 Å². The van der Waals surface area contributed by atoms with Crippen LogP contribution in [0.25, 0.3) is 0 Å². The number of aromatic nitrogens is 2. The number of aryl methyl sites for hydroxylation is 1. The molecule has 7 heteroatoms. The quantitative estimate of drug-likeness (QED) is 0.834. The maximum atomic E-state index is 13.2. The van der Waals surface area contributed by atoms with E-state index in [1.54, 1.807) is 29.1 Å². The van der Waals surface area contributed by atoms with Crippen molar-refractivity contribution in [3.8, 4) is 0 Å². The molecule has 2 atom stereocenters. The molecule has 0 radical (unpaired) electrons. The second kappa shape index (κ2) is 5.68. The lowest BCUT2D eigenvalue weighted by Gasteiger charge is -2.26. The Bertz CT molecular complexity index is 819. The number of anilines is 1. The van der Waals surface area contributed by atoms with E-state index in [4.69, 9.17) is 4.52 Å². The highest BCUT2D eigenvalue weighted by Gasteiger charge is 2.56. The maximum Gasteiger partial charge on any atom is 0.259 e. The lowest BCUT2D eigenvalue weighted by atomic mass is 9.78. The minimum atomic E-state index is -0.517. The van der Waals surface area contributed by atoms with Gasteiger partial charge in [0.25, 0.3) is 5.91 Å². The van der Waals surface area contributed by atoms with E-state index in [1.807, 2.05) is 12.1 Å². The molecule has 2 saturated heterocycles. The summed E-state index contributed by atoms with van der Waals surface area (Å²) in [6.07, 6.45) is 5.60. The van der Waals surface area contributed by atoms with Crippen LogP contribution in [0, 0.1) is 18.3 Å². The van der Waals surface area contributed by atoms with Crippen LogP contribution in [0.15, 0.2) is 35.2 Å². The van der Waals surface area contributed by atoms with Gasteiger partial charge in [0.15, 0.2) is 0 Å². The molecule has 4 rings (SSSR count). The van der Waals surface area contributed by atoms with Crippen LogP contribution in [-0.2, 0) is 4.79 Å². The van der Waals surface area contributed by atoms with Crippen molar-refractivity contribution in [3.05, 3.63) is 42.0 Å². The van der Waals surface area contributed by atoms with Gasteiger partial charge in [0.2, 0.25) is 5.91 Å². The Morgan fingerprint density at radius 2 is 2.24 bits per heavy atom. The van der Waals surface area contributed by atoms with E-state index in [0.29, 0.717) is 31.0 Å². The molecule has 2 amide bonds. The first-order chi connectivity index (χ1) is 12.0. The topological polar surface area (TPSA) is 79.5 Å². The molecular weight excluding hydrogens is 320 g/mol. The van der Waals surface area contributed by atoms with Gasteiger partial charge in [-0.2, -0.15) is 0 Å². The van der Waals surface area contributed by atoms with E-state index in [0.717, 1.165) is 12.1 Å². The molecular formula is C18H20N4O3. The molecule has 0 aromatic carbocycles. The van der Waals surface area contributed by atoms with Gasteiger partial charge in [0, 0.05) is 25.8 Å². The highest BCUT2D eigenvalue weighted by Crippen LogP contribution is 2.46. The van der Waals surface area contributed by atoms with E-state index in [9.17, 15) is 9.59 Å². The number of amides is 2. The molecule has 130 valence electrons. The Kier molecular flexibility index (Phi) is 3.59. The van der Waals surface area contributed by atoms with Crippen LogP contribution < -0.4 is 4.90 Å². The molecule has 2 aromatic rings. The van der Waals surface area contributed by atoms with Gasteiger partial charge in [-0.3, -0.25) is 14.6 Å². The first kappa shape index (κ1) is 15.8. The zero-order chi connectivity index (χ0) is 17.6. The van der Waals surface area contributed by atoms with Crippen molar-refractivity contribution in [2.24, 2.45) is 11.3 Å². The Labute approximate surface area is 145 Å². The Morgan fingerprint density at radius 3 is 2.92 bits per heavy atom. The number of nitrogens with zero attached hydrogens (tertiary/aromatic N) is 4. The van der Waals surface area contributed by atoms with E-state index in [-0.39, 0.29) is 17.7 Å². The van der Waals surface area contributed by atoms with Crippen LogP contribution in [0.4, 0.5) is 5.69 Å². The lowest BCUT2D eigenvalue weighted by Crippen LogP contribution is -2.40. The predicted octanol–water partition coefficient (Wildman–Crippen LogP) is 1.89. The van der Waals surface area contributed by atoms with Gasteiger partial charge in [0.1, 0.15) is 11.3 Å². The predicted molar refractivity (Wildman–Crippen MR) is 89.9 cm³/mol. The first-order valence-electron chi connectivity index (χ1n) is 8.45. The molecule has 0 N–H and O–H groups in total. The zero-order valence-corrected chi connectivity index (χ0v) is 14.3. The second-order valence-corrected chi connectivity index (χ2v) is 6.96. The monoisotopic (exact) mass is 340 g/mol. The van der Waals surface area contributed by atoms with Crippen molar-refractivity contribution in [3.63, 3.8) is 0 Å². The SMILES string of the molecule is Cc1oncc1C(=O)N1C[C@@H](C)[C@@]2(CCN(c3cccnc3)C2=O)C1. The molecule has 0 aliphatic carbocycles. The fourth-order valence-electron chi connectivity index (χ4n) is 4.05. The van der Waals surface area contributed by atoms with E-state index < -0.39 is 5.41 Å². The summed E-state index contributed by atoms with van der Waals surface area (Å²) in [4.78, 5) is 33.6. The van der Waals surface area contributed by atoms with Crippen molar-refractivity contribution in [1.82, 2.24) is 15.0 Å². The van der Waals surface area contributed by atoms with Crippen LogP contribution in [0.2, 0.25) is 0 Å². The zero-order valence-electron chi connectivity index (χ0n) is 14.3. The number of pyridine rings is 1. The number of carbonyl (C=O) groups excluding carboxylic acids is 2. The fourth-order valence-corrected chi connectivity index (χ4v) is 4.05. The molecule has 2 fully saturated rings. The van der Waals surface area contributed by atoms with Crippen LogP contribution >= 0.6 is 0 Å². The minimum absolute atomic E-state index is 0.0883. The Hall–Kier alpha value is -2.70. The molecule has 0 unspecified atom stereocenters. The van der Waals surface area contributed by atoms with Crippen molar-refractivity contribution < 1.29 is 14.1 Å². The molecule has 1 spiro atoms. The number of hydrogen-bond acceptors (Lipinski definition) is 5. The third-order valence-corrected chi connectivity index (χ3v) is 5.59. The van der Waals surface area contributed by atoms with Gasteiger partial charge in [0.05, 0.1) is 23.5 Å². The number of carbonyl (C=O) groups is 2. The average Bonchev–Trinajstić information content (AvgIpc) is 3.28. The summed E-state index contributed by atoms with van der Waals surface area (Å²) in [7, 11) is 0. The maximum absolute atomic E-state index is 13.2. The molecule has 2 aromatic heterocycles. The van der Waals surface area contributed by atoms with Gasteiger partial charge < -0.3 is 14.3 Å². The summed E-state index contributed by atoms with van der Waals surface area (Å²) >= 11 is 0. The van der Waals surface area contributed by atoms with Gasteiger partial charge in [-0.15, -0.1) is 0 Å². The van der Waals surface area contributed by atoms with Crippen LogP contribution in [-0.4, -0.2) is 46.5 Å². The highest BCUT2D eigenvalue weighted by molar-refractivity contribution is 6.02. The van der Waals surface area contributed by atoms with Gasteiger partial charge >= 0.3 is 0 Å². The van der Waals surface area contributed by atoms with Gasteiger partial charge in [-0.1, -0.05) is 12.1 Å². The second-order valence-electron chi connectivity index (χ2n) is 6.96. The smallest absolute Gasteiger partial charge is 0.259 e. The Morgan fingerprint density at radius 1 is 1.40 bits per heavy atom. The first-order valence-corrected chi connectivity index (χ1v) is 8.45. The van der Waals surface area contributed by atoms with Crippen molar-refractivity contribution in [2.45, 2.75) is 20.3 Å². The molecule has 2 aliphatic rings. The average molecular weight is 340 g/mol. The molecule has 25 heavy (non-hydrogen) atoms. The third-order valence-electron chi connectivity index (χ3n) is 5.59. The molecule has 0 bridgehead atoms. The largest absolute Gasteiger partial charge is 0.361 e. The molecule has 7 nitrogen and oxygen atoms in total. The minimum Gasteiger partial charge on any atom is -0.361 e. The lowest BCUT2D eigenvalue weighted by molar-refractivity contribution is -0.126. The van der Waals surface area contributed by atoms with E-state index in [1.165, 1.54) is 6.20 Å². The summed E-state index contributed by atoms with van der Waals surface area (Å²) in [5.74, 6) is 0.583. The van der Waals surface area contributed by atoms with Crippen molar-refractivity contribution >= 4 is 17.5 Å². The summed E-state index contributed by atoms with van der Waals surface area (Å²) in [6.45, 7) is 5.44. The van der Waals surface area contributed by atoms with Gasteiger partial charge in [-0.25, -0.2) is 0 Å². The van der Waals surface area contributed by atoms with Crippen LogP contribution in [0.3, 0.4) is 0 Å². The van der Waals surface area contributed by atoms with Gasteiger partial charge in [-0.05, 0) is 31.4 Å². The van der Waals surface area contributed by atoms with Crippen molar-refractivity contribution in [2.75, 3.05) is 24.5 Å². The number of rotatable bonds is 2. The molecule has 0 saturated carbocycles. The Balaban J connectivity index is 1.58. The summed E-state index contributed by atoms with van der Waals surface area (Å²) in [5.41, 5.74) is 0.770. The number of likely N-dealkylation sites (tertiary alicyclic amines) is 1. The highest BCUT2D eigenvalue weighted by atomic mass is 16.5. The third kappa shape index (κ3) is 2.33. The summed E-state index contributed by atoms with van der Waals surface area (Å²) < 4.78 is 5.01. The molecule has 4 heterocycles. The number of hydrogen-bond donors (Lipinski definition) is 0. The summed E-state index contributed by atoms with van der Waals surface area (Å²) in [5, 5.41) is 3.68. The summed E-state index contributed by atoms with van der Waals surface area (Å²) in [6, 6.07) is 3.73. The van der Waals surface area contributed by atoms with Crippen molar-refractivity contribution in [1.29, 1.82) is 0 Å². The van der Waals surface area contributed by atoms with E-state index in [2.05, 4.69) is 17.1 Å². The fraction of sp³-hybridized carbons (Fsp3) is 0.444. The normalized spacial score (nSPS) is 26.0. The van der Waals surface area contributed by atoms with Crippen LogP contribution in [0.5, 0.6) is 0 Å². The standard InChI is InChI=1S/C18H20N4O3/c1-12-10-21(16(23)15-9-20-25-13(15)2)11-18(12)5-7-22(17(18)24)14-4-3-6-19-8-14/h3-4,6,8-9,12H,5,7,10-11H2,1-2H3/t12-,18-/m1/s1. The van der Waals surface area contributed by atoms with Crippen LogP contribution in [0.1, 0.15) is 29.5 Å².